The van der Waals surface area contributed by atoms with Gasteiger partial charge in [0.15, 0.2) is 0 Å². The smallest absolute Gasteiger partial charge is 0.211 e. The molecule has 92 valence electrons. The van der Waals surface area contributed by atoms with Crippen molar-refractivity contribution >= 4 is 6.08 Å². The molecule has 2 nitrogen and oxygen atoms in total. The predicted octanol–water partition coefficient (Wildman–Crippen LogP) is 4.39. The Kier molecular flexibility index (Phi) is 6.40. The highest BCUT2D eigenvalue weighted by atomic mass is 16.1. The Balaban J connectivity index is 2.44. The van der Waals surface area contributed by atoms with E-state index < -0.39 is 0 Å². The van der Waals surface area contributed by atoms with E-state index in [1.165, 1.54) is 57.8 Å². The minimum absolute atomic E-state index is 0.124. The Morgan fingerprint density at radius 1 is 0.812 bits per heavy atom. The van der Waals surface area contributed by atoms with Crippen LogP contribution in [0.5, 0.6) is 0 Å². The highest BCUT2D eigenvalue weighted by Crippen LogP contribution is 2.27. The molecular formula is C14H25NO. The molecule has 0 aromatic carbocycles. The Labute approximate surface area is 99.5 Å². The summed E-state index contributed by atoms with van der Waals surface area (Å²) in [6.07, 6.45) is 15.8. The lowest BCUT2D eigenvalue weighted by Crippen LogP contribution is -2.21. The van der Waals surface area contributed by atoms with Gasteiger partial charge >= 0.3 is 0 Å². The van der Waals surface area contributed by atoms with Crippen LogP contribution in [0.3, 0.4) is 0 Å². The molecule has 0 radical (unpaired) electrons. The van der Waals surface area contributed by atoms with Gasteiger partial charge in [0.1, 0.15) is 0 Å². The van der Waals surface area contributed by atoms with E-state index >= 15 is 0 Å². The molecule has 1 aliphatic rings. The number of hydrogen-bond acceptors (Lipinski definition) is 2. The first-order valence-corrected chi connectivity index (χ1v) is 6.86. The molecule has 2 heteroatoms. The first-order valence-electron chi connectivity index (χ1n) is 6.86. The average molecular weight is 223 g/mol. The van der Waals surface area contributed by atoms with E-state index in [0.717, 1.165) is 12.8 Å². The van der Waals surface area contributed by atoms with Gasteiger partial charge in [-0.25, -0.2) is 4.79 Å². The maximum absolute atomic E-state index is 10.5. The van der Waals surface area contributed by atoms with Crippen LogP contribution in [0.15, 0.2) is 4.99 Å². The molecule has 0 bridgehead atoms. The van der Waals surface area contributed by atoms with E-state index in [-0.39, 0.29) is 5.54 Å². The molecule has 0 heterocycles. The van der Waals surface area contributed by atoms with Gasteiger partial charge in [0.25, 0.3) is 0 Å². The van der Waals surface area contributed by atoms with Crippen molar-refractivity contribution in [2.24, 2.45) is 4.99 Å². The van der Waals surface area contributed by atoms with Gasteiger partial charge in [0, 0.05) is 0 Å². The second-order valence-corrected chi connectivity index (χ2v) is 5.38. The van der Waals surface area contributed by atoms with Crippen molar-refractivity contribution in [3.63, 3.8) is 0 Å². The molecule has 0 saturated heterocycles. The van der Waals surface area contributed by atoms with Crippen molar-refractivity contribution in [1.29, 1.82) is 0 Å². The summed E-state index contributed by atoms with van der Waals surface area (Å²) in [5, 5.41) is 0. The topological polar surface area (TPSA) is 29.4 Å². The third kappa shape index (κ3) is 5.46. The number of nitrogens with zero attached hydrogens (tertiary/aromatic N) is 1. The Morgan fingerprint density at radius 3 is 1.56 bits per heavy atom. The third-order valence-electron chi connectivity index (χ3n) is 3.75. The van der Waals surface area contributed by atoms with Crippen molar-refractivity contribution in [3.05, 3.63) is 0 Å². The molecule has 1 rings (SSSR count). The molecule has 16 heavy (non-hydrogen) atoms. The van der Waals surface area contributed by atoms with Gasteiger partial charge in [-0.2, -0.15) is 4.99 Å². The number of aliphatic imine (C=N–C) groups is 1. The molecule has 1 aliphatic carbocycles. The lowest BCUT2D eigenvalue weighted by atomic mass is 9.88. The molecule has 1 saturated carbocycles. The van der Waals surface area contributed by atoms with Crippen molar-refractivity contribution in [2.45, 2.75) is 83.1 Å². The fourth-order valence-electron chi connectivity index (χ4n) is 2.60. The van der Waals surface area contributed by atoms with Gasteiger partial charge in [0.05, 0.1) is 5.54 Å². The fraction of sp³-hybridized carbons (Fsp3) is 0.929. The molecule has 0 amide bonds. The summed E-state index contributed by atoms with van der Waals surface area (Å²) in [6.45, 7) is 2.11. The molecule has 0 atom stereocenters. The molecule has 0 aromatic rings. The van der Waals surface area contributed by atoms with Crippen LogP contribution < -0.4 is 0 Å². The number of isocyanates is 1. The van der Waals surface area contributed by atoms with Crippen LogP contribution in [0.1, 0.15) is 77.6 Å². The van der Waals surface area contributed by atoms with E-state index in [1.54, 1.807) is 6.08 Å². The normalized spacial score (nSPS) is 23.6. The van der Waals surface area contributed by atoms with Crippen molar-refractivity contribution in [3.8, 4) is 0 Å². The van der Waals surface area contributed by atoms with E-state index in [2.05, 4.69) is 11.9 Å². The maximum Gasteiger partial charge on any atom is 0.235 e. The van der Waals surface area contributed by atoms with Gasteiger partial charge in [-0.1, -0.05) is 57.8 Å². The zero-order chi connectivity index (χ0) is 11.7. The van der Waals surface area contributed by atoms with Gasteiger partial charge in [-0.15, -0.1) is 0 Å². The van der Waals surface area contributed by atoms with E-state index in [9.17, 15) is 4.79 Å². The average Bonchev–Trinajstić information content (AvgIpc) is 2.24. The quantitative estimate of drug-likeness (QED) is 0.479. The highest BCUT2D eigenvalue weighted by Gasteiger charge is 2.22. The van der Waals surface area contributed by atoms with Crippen LogP contribution in [0, 0.1) is 0 Å². The molecule has 0 N–H and O–H groups in total. The van der Waals surface area contributed by atoms with Gasteiger partial charge in [-0.3, -0.25) is 0 Å². The van der Waals surface area contributed by atoms with Crippen LogP contribution in [0.2, 0.25) is 0 Å². The first kappa shape index (κ1) is 13.4. The Hall–Kier alpha value is -0.620. The number of hydrogen-bond donors (Lipinski definition) is 0. The van der Waals surface area contributed by atoms with E-state index in [4.69, 9.17) is 0 Å². The largest absolute Gasteiger partial charge is 0.235 e. The third-order valence-corrected chi connectivity index (χ3v) is 3.75. The Bertz CT molecular complexity index is 219. The first-order chi connectivity index (χ1) is 7.77. The minimum Gasteiger partial charge on any atom is -0.211 e. The van der Waals surface area contributed by atoms with Crippen LogP contribution in [-0.2, 0) is 4.79 Å². The molecule has 0 aliphatic heterocycles. The van der Waals surface area contributed by atoms with E-state index in [0.29, 0.717) is 0 Å². The van der Waals surface area contributed by atoms with Crippen LogP contribution in [-0.4, -0.2) is 11.6 Å². The molecule has 0 spiro atoms. The van der Waals surface area contributed by atoms with Gasteiger partial charge < -0.3 is 0 Å². The zero-order valence-electron chi connectivity index (χ0n) is 10.6. The van der Waals surface area contributed by atoms with Crippen molar-refractivity contribution in [1.82, 2.24) is 0 Å². The van der Waals surface area contributed by atoms with Crippen molar-refractivity contribution in [2.75, 3.05) is 0 Å². The lowest BCUT2D eigenvalue weighted by Gasteiger charge is -2.23. The SMILES string of the molecule is CC1(N=C=O)CCCCCCCCCCC1. The summed E-state index contributed by atoms with van der Waals surface area (Å²) in [5.41, 5.74) is -0.124. The molecular weight excluding hydrogens is 198 g/mol. The minimum atomic E-state index is -0.124. The zero-order valence-corrected chi connectivity index (χ0v) is 10.6. The second kappa shape index (κ2) is 7.62. The molecule has 0 unspecified atom stereocenters. The predicted molar refractivity (Wildman–Crippen MR) is 67.3 cm³/mol. The molecule has 0 aromatic heterocycles. The Morgan fingerprint density at radius 2 is 1.19 bits per heavy atom. The standard InChI is InChI=1S/C14H25NO/c1-14(15-13-16)11-9-7-5-3-2-4-6-8-10-12-14/h2-12H2,1H3. The summed E-state index contributed by atoms with van der Waals surface area (Å²) in [7, 11) is 0. The monoisotopic (exact) mass is 223 g/mol. The number of rotatable bonds is 1. The number of carbonyl (C=O) groups excluding carboxylic acids is 1. The van der Waals surface area contributed by atoms with Crippen LogP contribution in [0.25, 0.3) is 0 Å². The summed E-state index contributed by atoms with van der Waals surface area (Å²) in [4.78, 5) is 14.5. The van der Waals surface area contributed by atoms with Gasteiger partial charge in [-0.05, 0) is 19.8 Å². The summed E-state index contributed by atoms with van der Waals surface area (Å²) < 4.78 is 0. The highest BCUT2D eigenvalue weighted by molar-refractivity contribution is 5.34. The van der Waals surface area contributed by atoms with E-state index in [1.807, 2.05) is 0 Å². The lowest BCUT2D eigenvalue weighted by molar-refractivity contribution is 0.359. The van der Waals surface area contributed by atoms with Gasteiger partial charge in [0.2, 0.25) is 6.08 Å². The van der Waals surface area contributed by atoms with Crippen LogP contribution >= 0.6 is 0 Å². The van der Waals surface area contributed by atoms with Crippen molar-refractivity contribution < 1.29 is 4.79 Å². The van der Waals surface area contributed by atoms with Crippen LogP contribution in [0.4, 0.5) is 0 Å². The fourth-order valence-corrected chi connectivity index (χ4v) is 2.60. The summed E-state index contributed by atoms with van der Waals surface area (Å²) in [6, 6.07) is 0. The second-order valence-electron chi connectivity index (χ2n) is 5.38. The molecule has 1 fully saturated rings. The maximum atomic E-state index is 10.5. The summed E-state index contributed by atoms with van der Waals surface area (Å²) >= 11 is 0. The summed E-state index contributed by atoms with van der Waals surface area (Å²) in [5.74, 6) is 0.